The van der Waals surface area contributed by atoms with Crippen LogP contribution in [-0.4, -0.2) is 37.1 Å². The number of hydrogen-bond donors (Lipinski definition) is 1. The Hall–Kier alpha value is -0.0800. The van der Waals surface area contributed by atoms with Gasteiger partial charge in [-0.25, -0.2) is 0 Å². The summed E-state index contributed by atoms with van der Waals surface area (Å²) in [5.74, 6) is 0.846. The first-order valence-corrected chi connectivity index (χ1v) is 8.50. The molecule has 0 spiro atoms. The molecular weight excluding hydrogens is 232 g/mol. The molecule has 1 saturated carbocycles. The van der Waals surface area contributed by atoms with Gasteiger partial charge in [0.15, 0.2) is 0 Å². The summed E-state index contributed by atoms with van der Waals surface area (Å²) in [5.41, 5.74) is 0.476. The number of hydrogen-bond acceptors (Lipinski definition) is 2. The fourth-order valence-corrected chi connectivity index (χ4v) is 3.55. The van der Waals surface area contributed by atoms with Crippen molar-refractivity contribution in [2.24, 2.45) is 11.3 Å². The third-order valence-corrected chi connectivity index (χ3v) is 4.85. The lowest BCUT2D eigenvalue weighted by Crippen LogP contribution is -2.46. The smallest absolute Gasteiger partial charge is 0.0159 e. The highest BCUT2D eigenvalue weighted by Gasteiger charge is 2.41. The molecule has 2 nitrogen and oxygen atoms in total. The second-order valence-electron chi connectivity index (χ2n) is 6.97. The van der Waals surface area contributed by atoms with E-state index in [2.05, 4.69) is 44.8 Å². The zero-order chi connectivity index (χ0) is 14.3. The average Bonchev–Trinajstić information content (AvgIpc) is 2.67. The summed E-state index contributed by atoms with van der Waals surface area (Å²) in [6, 6.07) is 0.711. The van der Waals surface area contributed by atoms with Crippen molar-refractivity contribution >= 4 is 0 Å². The summed E-state index contributed by atoms with van der Waals surface area (Å²) in [6.07, 6.45) is 6.68. The summed E-state index contributed by atoms with van der Waals surface area (Å²) in [5, 5.41) is 3.83. The molecule has 2 atom stereocenters. The lowest BCUT2D eigenvalue weighted by molar-refractivity contribution is 0.187. The van der Waals surface area contributed by atoms with E-state index in [1.54, 1.807) is 0 Å². The van der Waals surface area contributed by atoms with Crippen LogP contribution in [0.4, 0.5) is 0 Å². The lowest BCUT2D eigenvalue weighted by Gasteiger charge is -2.34. The molecule has 0 heterocycles. The topological polar surface area (TPSA) is 15.3 Å². The van der Waals surface area contributed by atoms with Crippen LogP contribution in [0.15, 0.2) is 0 Å². The molecule has 19 heavy (non-hydrogen) atoms. The average molecular weight is 268 g/mol. The molecule has 2 heteroatoms. The van der Waals surface area contributed by atoms with Gasteiger partial charge in [-0.1, -0.05) is 41.0 Å². The number of nitrogens with zero attached hydrogens (tertiary/aromatic N) is 1. The van der Waals surface area contributed by atoms with Crippen LogP contribution in [-0.2, 0) is 0 Å². The number of rotatable bonds is 9. The maximum atomic E-state index is 3.83. The van der Waals surface area contributed by atoms with Crippen molar-refractivity contribution in [1.29, 1.82) is 0 Å². The van der Waals surface area contributed by atoms with Crippen LogP contribution >= 0.6 is 0 Å². The van der Waals surface area contributed by atoms with E-state index in [9.17, 15) is 0 Å². The van der Waals surface area contributed by atoms with Crippen molar-refractivity contribution in [3.8, 4) is 0 Å². The van der Waals surface area contributed by atoms with Gasteiger partial charge in [0.25, 0.3) is 0 Å². The van der Waals surface area contributed by atoms with Gasteiger partial charge in [-0.3, -0.25) is 0 Å². The largest absolute Gasteiger partial charge is 0.313 e. The quantitative estimate of drug-likeness (QED) is 0.682. The van der Waals surface area contributed by atoms with Gasteiger partial charge in [-0.05, 0) is 56.7 Å². The molecule has 0 aromatic rings. The predicted molar refractivity (Wildman–Crippen MR) is 85.6 cm³/mol. The predicted octanol–water partition coefficient (Wildman–Crippen LogP) is 3.91. The van der Waals surface area contributed by atoms with E-state index in [1.165, 1.54) is 58.3 Å². The molecule has 1 fully saturated rings. The van der Waals surface area contributed by atoms with Crippen molar-refractivity contribution in [2.45, 2.75) is 72.8 Å². The normalized spacial score (nSPS) is 26.2. The molecule has 0 aromatic carbocycles. The van der Waals surface area contributed by atoms with Crippen molar-refractivity contribution in [1.82, 2.24) is 10.2 Å². The summed E-state index contributed by atoms with van der Waals surface area (Å²) in [7, 11) is 0. The molecule has 0 saturated heterocycles. The Morgan fingerprint density at radius 3 is 2.47 bits per heavy atom. The molecule has 2 unspecified atom stereocenters. The van der Waals surface area contributed by atoms with Crippen LogP contribution in [0.25, 0.3) is 0 Å². The van der Waals surface area contributed by atoms with Crippen LogP contribution in [0.5, 0.6) is 0 Å². The summed E-state index contributed by atoms with van der Waals surface area (Å²) < 4.78 is 0. The van der Waals surface area contributed by atoms with Crippen molar-refractivity contribution in [3.63, 3.8) is 0 Å². The fourth-order valence-electron chi connectivity index (χ4n) is 3.55. The second-order valence-corrected chi connectivity index (χ2v) is 6.97. The molecule has 0 aromatic heterocycles. The van der Waals surface area contributed by atoms with Crippen molar-refractivity contribution in [2.75, 3.05) is 26.2 Å². The van der Waals surface area contributed by atoms with Crippen molar-refractivity contribution < 1.29 is 0 Å². The number of nitrogens with one attached hydrogen (secondary N) is 1. The van der Waals surface area contributed by atoms with E-state index in [0.29, 0.717) is 11.5 Å². The zero-order valence-corrected chi connectivity index (χ0v) is 14.0. The first-order chi connectivity index (χ1) is 9.05. The van der Waals surface area contributed by atoms with Crippen molar-refractivity contribution in [3.05, 3.63) is 0 Å². The summed E-state index contributed by atoms with van der Waals surface area (Å²) >= 11 is 0. The minimum Gasteiger partial charge on any atom is -0.313 e. The third-order valence-electron chi connectivity index (χ3n) is 4.85. The van der Waals surface area contributed by atoms with Gasteiger partial charge >= 0.3 is 0 Å². The second kappa shape index (κ2) is 8.26. The maximum Gasteiger partial charge on any atom is 0.0159 e. The molecule has 0 aliphatic heterocycles. The van der Waals surface area contributed by atoms with Gasteiger partial charge in [0, 0.05) is 12.6 Å². The first-order valence-electron chi connectivity index (χ1n) is 8.50. The van der Waals surface area contributed by atoms with Crippen LogP contribution in [0.3, 0.4) is 0 Å². The van der Waals surface area contributed by atoms with Gasteiger partial charge in [-0.2, -0.15) is 0 Å². The van der Waals surface area contributed by atoms with E-state index in [1.807, 2.05) is 0 Å². The standard InChI is InChI=1S/C17H36N2/c1-6-9-13-19(8-3)14-15-10-11-17(4,5)16(15)18-12-7-2/h15-16,18H,6-14H2,1-5H3. The van der Waals surface area contributed by atoms with Crippen LogP contribution in [0.2, 0.25) is 0 Å². The first kappa shape index (κ1) is 17.0. The highest BCUT2D eigenvalue weighted by atomic mass is 15.1. The Balaban J connectivity index is 2.54. The maximum absolute atomic E-state index is 3.83. The monoisotopic (exact) mass is 268 g/mol. The van der Waals surface area contributed by atoms with Gasteiger partial charge in [0.2, 0.25) is 0 Å². The lowest BCUT2D eigenvalue weighted by atomic mass is 9.84. The molecule has 1 aliphatic rings. The molecule has 0 amide bonds. The minimum atomic E-state index is 0.476. The van der Waals surface area contributed by atoms with Gasteiger partial charge in [-0.15, -0.1) is 0 Å². The summed E-state index contributed by atoms with van der Waals surface area (Å²) in [6.45, 7) is 16.7. The van der Waals surface area contributed by atoms with E-state index in [4.69, 9.17) is 0 Å². The Bertz CT molecular complexity index is 237. The Labute approximate surface area is 121 Å². The van der Waals surface area contributed by atoms with Gasteiger partial charge in [0.05, 0.1) is 0 Å². The van der Waals surface area contributed by atoms with E-state index >= 15 is 0 Å². The third kappa shape index (κ3) is 5.07. The SMILES string of the molecule is CCCCN(CC)CC1CCC(C)(C)C1NCCC. The minimum absolute atomic E-state index is 0.476. The van der Waals surface area contributed by atoms with Gasteiger partial charge < -0.3 is 10.2 Å². The zero-order valence-electron chi connectivity index (χ0n) is 14.0. The highest BCUT2D eigenvalue weighted by Crippen LogP contribution is 2.41. The van der Waals surface area contributed by atoms with E-state index in [-0.39, 0.29) is 0 Å². The van der Waals surface area contributed by atoms with Crippen LogP contribution in [0, 0.1) is 11.3 Å². The molecule has 1 rings (SSSR count). The Morgan fingerprint density at radius 2 is 1.89 bits per heavy atom. The molecule has 114 valence electrons. The Kier molecular flexibility index (Phi) is 7.38. The van der Waals surface area contributed by atoms with Crippen LogP contribution < -0.4 is 5.32 Å². The molecule has 0 bridgehead atoms. The van der Waals surface area contributed by atoms with Crippen LogP contribution in [0.1, 0.15) is 66.7 Å². The molecule has 0 radical (unpaired) electrons. The molecular formula is C17H36N2. The molecule has 1 aliphatic carbocycles. The number of unbranched alkanes of at least 4 members (excludes halogenated alkanes) is 1. The van der Waals surface area contributed by atoms with E-state index in [0.717, 1.165) is 5.92 Å². The molecule has 1 N–H and O–H groups in total. The Morgan fingerprint density at radius 1 is 1.16 bits per heavy atom. The van der Waals surface area contributed by atoms with E-state index < -0.39 is 0 Å². The van der Waals surface area contributed by atoms with Gasteiger partial charge in [0.1, 0.15) is 0 Å². The fraction of sp³-hybridized carbons (Fsp3) is 1.00. The highest BCUT2D eigenvalue weighted by molar-refractivity contribution is 4.97. The summed E-state index contributed by atoms with van der Waals surface area (Å²) in [4.78, 5) is 2.66.